The van der Waals surface area contributed by atoms with E-state index in [1.165, 1.54) is 6.07 Å². The molecule has 2 aromatic rings. The molecule has 0 heterocycles. The van der Waals surface area contributed by atoms with Crippen molar-refractivity contribution in [1.29, 1.82) is 0 Å². The Kier molecular flexibility index (Phi) is 5.47. The second-order valence-corrected chi connectivity index (χ2v) is 5.41. The van der Waals surface area contributed by atoms with E-state index in [1.807, 2.05) is 13.8 Å². The van der Waals surface area contributed by atoms with Gasteiger partial charge >= 0.3 is 6.03 Å². The molecule has 0 fully saturated rings. The first kappa shape index (κ1) is 17.4. The summed E-state index contributed by atoms with van der Waals surface area (Å²) in [5.41, 5.74) is 1.02. The first-order valence-corrected chi connectivity index (χ1v) is 7.29. The van der Waals surface area contributed by atoms with Crippen LogP contribution in [0, 0.1) is 11.6 Å². The monoisotopic (exact) mass is 333 g/mol. The number of anilines is 2. The van der Waals surface area contributed by atoms with Gasteiger partial charge < -0.3 is 16.0 Å². The third kappa shape index (κ3) is 4.77. The maximum atomic E-state index is 13.1. The Hall–Kier alpha value is -2.96. The molecule has 0 aromatic heterocycles. The summed E-state index contributed by atoms with van der Waals surface area (Å²) >= 11 is 0. The van der Waals surface area contributed by atoms with Crippen molar-refractivity contribution >= 4 is 23.3 Å². The molecular weight excluding hydrogens is 316 g/mol. The van der Waals surface area contributed by atoms with Gasteiger partial charge in [-0.2, -0.15) is 0 Å². The van der Waals surface area contributed by atoms with Gasteiger partial charge in [-0.05, 0) is 56.3 Å². The normalized spacial score (nSPS) is 10.4. The maximum Gasteiger partial charge on any atom is 0.319 e. The zero-order valence-corrected chi connectivity index (χ0v) is 13.2. The van der Waals surface area contributed by atoms with Crippen LogP contribution in [0.2, 0.25) is 0 Å². The van der Waals surface area contributed by atoms with Crippen molar-refractivity contribution in [3.05, 3.63) is 59.7 Å². The van der Waals surface area contributed by atoms with Crippen molar-refractivity contribution in [2.24, 2.45) is 0 Å². The number of halogens is 2. The number of rotatable bonds is 4. The van der Waals surface area contributed by atoms with Gasteiger partial charge in [-0.1, -0.05) is 0 Å². The van der Waals surface area contributed by atoms with E-state index in [-0.39, 0.29) is 17.6 Å². The lowest BCUT2D eigenvalue weighted by Gasteiger charge is -2.11. The minimum atomic E-state index is -1.08. The Morgan fingerprint density at radius 3 is 2.00 bits per heavy atom. The van der Waals surface area contributed by atoms with Crippen molar-refractivity contribution in [3.63, 3.8) is 0 Å². The topological polar surface area (TPSA) is 70.2 Å². The summed E-state index contributed by atoms with van der Waals surface area (Å²) in [6.45, 7) is 3.69. The molecule has 2 aromatic carbocycles. The van der Waals surface area contributed by atoms with E-state index in [1.54, 1.807) is 24.3 Å². The molecular formula is C17H17F2N3O2. The van der Waals surface area contributed by atoms with Crippen molar-refractivity contribution in [1.82, 2.24) is 5.32 Å². The van der Waals surface area contributed by atoms with Crippen LogP contribution < -0.4 is 16.0 Å². The zero-order valence-electron chi connectivity index (χ0n) is 13.2. The summed E-state index contributed by atoms with van der Waals surface area (Å²) in [5.74, 6) is -2.66. The van der Waals surface area contributed by atoms with E-state index in [9.17, 15) is 18.4 Å². The van der Waals surface area contributed by atoms with Gasteiger partial charge in [0.05, 0.1) is 0 Å². The van der Waals surface area contributed by atoms with Gasteiger partial charge in [0, 0.05) is 23.0 Å². The van der Waals surface area contributed by atoms with Crippen LogP contribution in [0.1, 0.15) is 24.2 Å². The highest BCUT2D eigenvalue weighted by atomic mass is 19.2. The summed E-state index contributed by atoms with van der Waals surface area (Å²) in [6, 6.07) is 9.00. The number of carbonyl (C=O) groups is 2. The van der Waals surface area contributed by atoms with Crippen LogP contribution in [0.15, 0.2) is 42.5 Å². The number of urea groups is 1. The minimum Gasteiger partial charge on any atom is -0.336 e. The fraction of sp³-hybridized carbons (Fsp3) is 0.176. The summed E-state index contributed by atoms with van der Waals surface area (Å²) in [6.07, 6.45) is 0. The molecule has 126 valence electrons. The molecule has 0 unspecified atom stereocenters. The van der Waals surface area contributed by atoms with Crippen LogP contribution in [0.5, 0.6) is 0 Å². The van der Waals surface area contributed by atoms with Gasteiger partial charge in [0.15, 0.2) is 11.6 Å². The lowest BCUT2D eigenvalue weighted by molar-refractivity contribution is 0.102. The second kappa shape index (κ2) is 7.54. The Morgan fingerprint density at radius 1 is 0.875 bits per heavy atom. The zero-order chi connectivity index (χ0) is 17.7. The number of amides is 3. The largest absolute Gasteiger partial charge is 0.336 e. The molecule has 3 amide bonds. The average molecular weight is 333 g/mol. The molecule has 24 heavy (non-hydrogen) atoms. The number of hydrogen-bond acceptors (Lipinski definition) is 2. The molecule has 0 aliphatic heterocycles. The Balaban J connectivity index is 1.99. The Labute approximate surface area is 138 Å². The van der Waals surface area contributed by atoms with Gasteiger partial charge in [0.1, 0.15) is 0 Å². The smallest absolute Gasteiger partial charge is 0.319 e. The lowest BCUT2D eigenvalue weighted by atomic mass is 10.2. The number of nitrogens with one attached hydrogen (secondary N) is 3. The van der Waals surface area contributed by atoms with Gasteiger partial charge in [-0.25, -0.2) is 13.6 Å². The van der Waals surface area contributed by atoms with E-state index < -0.39 is 17.5 Å². The first-order chi connectivity index (χ1) is 11.3. The molecule has 0 aliphatic rings. The Morgan fingerprint density at radius 2 is 1.46 bits per heavy atom. The second-order valence-electron chi connectivity index (χ2n) is 5.41. The highest BCUT2D eigenvalue weighted by Crippen LogP contribution is 2.15. The third-order valence-corrected chi connectivity index (χ3v) is 3.00. The number of carbonyl (C=O) groups excluding carboxylic acids is 2. The summed E-state index contributed by atoms with van der Waals surface area (Å²) in [7, 11) is 0. The number of hydrogen-bond donors (Lipinski definition) is 3. The molecule has 0 aliphatic carbocycles. The van der Waals surface area contributed by atoms with Crippen molar-refractivity contribution in [2.45, 2.75) is 19.9 Å². The Bertz CT molecular complexity index is 746. The molecule has 0 saturated heterocycles. The highest BCUT2D eigenvalue weighted by molar-refractivity contribution is 6.04. The van der Waals surface area contributed by atoms with Crippen molar-refractivity contribution in [3.8, 4) is 0 Å². The average Bonchev–Trinajstić information content (AvgIpc) is 2.51. The van der Waals surface area contributed by atoms with Crippen LogP contribution in [-0.2, 0) is 0 Å². The van der Waals surface area contributed by atoms with Gasteiger partial charge in [0.2, 0.25) is 0 Å². The summed E-state index contributed by atoms with van der Waals surface area (Å²) in [5, 5.41) is 7.89. The van der Waals surface area contributed by atoms with Crippen LogP contribution in [0.4, 0.5) is 25.0 Å². The summed E-state index contributed by atoms with van der Waals surface area (Å²) < 4.78 is 26.0. The molecule has 0 atom stereocenters. The predicted molar refractivity (Wildman–Crippen MR) is 88.0 cm³/mol. The van der Waals surface area contributed by atoms with Crippen LogP contribution >= 0.6 is 0 Å². The van der Waals surface area contributed by atoms with Gasteiger partial charge in [-0.15, -0.1) is 0 Å². The van der Waals surface area contributed by atoms with Crippen molar-refractivity contribution < 1.29 is 18.4 Å². The molecule has 0 spiro atoms. The maximum absolute atomic E-state index is 13.1. The fourth-order valence-corrected chi connectivity index (χ4v) is 1.91. The molecule has 2 rings (SSSR count). The van der Waals surface area contributed by atoms with E-state index in [0.717, 1.165) is 12.1 Å². The quantitative estimate of drug-likeness (QED) is 0.797. The van der Waals surface area contributed by atoms with E-state index in [2.05, 4.69) is 16.0 Å². The van der Waals surface area contributed by atoms with Crippen molar-refractivity contribution in [2.75, 3.05) is 10.6 Å². The molecule has 0 saturated carbocycles. The van der Waals surface area contributed by atoms with Crippen LogP contribution in [-0.4, -0.2) is 18.0 Å². The SMILES string of the molecule is CC(C)NC(=O)Nc1ccc(NC(=O)c2ccc(F)c(F)c2)cc1. The van der Waals surface area contributed by atoms with E-state index >= 15 is 0 Å². The van der Waals surface area contributed by atoms with Gasteiger partial charge in [0.25, 0.3) is 5.91 Å². The molecule has 0 bridgehead atoms. The van der Waals surface area contributed by atoms with Crippen LogP contribution in [0.25, 0.3) is 0 Å². The molecule has 7 heteroatoms. The predicted octanol–water partition coefficient (Wildman–Crippen LogP) is 3.75. The molecule has 5 nitrogen and oxygen atoms in total. The highest BCUT2D eigenvalue weighted by Gasteiger charge is 2.10. The fourth-order valence-electron chi connectivity index (χ4n) is 1.91. The molecule has 3 N–H and O–H groups in total. The van der Waals surface area contributed by atoms with E-state index in [4.69, 9.17) is 0 Å². The minimum absolute atomic E-state index is 0.00686. The van der Waals surface area contributed by atoms with Crippen LogP contribution in [0.3, 0.4) is 0 Å². The number of benzene rings is 2. The first-order valence-electron chi connectivity index (χ1n) is 7.29. The standard InChI is InChI=1S/C17H17F2N3O2/c1-10(2)20-17(24)22-13-6-4-12(5-7-13)21-16(23)11-3-8-14(18)15(19)9-11/h3-10H,1-2H3,(H,21,23)(H2,20,22,24). The summed E-state index contributed by atoms with van der Waals surface area (Å²) in [4.78, 5) is 23.6. The van der Waals surface area contributed by atoms with Gasteiger partial charge in [-0.3, -0.25) is 4.79 Å². The van der Waals surface area contributed by atoms with E-state index in [0.29, 0.717) is 11.4 Å². The third-order valence-electron chi connectivity index (χ3n) is 3.00. The molecule has 0 radical (unpaired) electrons. The lowest BCUT2D eigenvalue weighted by Crippen LogP contribution is -2.34.